The third kappa shape index (κ3) is 3.71. The molecule has 4 nitrogen and oxygen atoms in total. The largest absolute Gasteiger partial charge is 0.350 e. The van der Waals surface area contributed by atoms with E-state index in [1.165, 1.54) is 15.8 Å². The molecule has 3 rings (SSSR count). The maximum absolute atomic E-state index is 4.80. The minimum Gasteiger partial charge on any atom is -0.350 e. The smallest absolute Gasteiger partial charge is 0.141 e. The Labute approximate surface area is 145 Å². The van der Waals surface area contributed by atoms with Gasteiger partial charge in [0, 0.05) is 18.0 Å². The highest BCUT2D eigenvalue weighted by molar-refractivity contribution is 7.17. The zero-order valence-electron chi connectivity index (χ0n) is 14.0. The highest BCUT2D eigenvalue weighted by Gasteiger charge is 2.17. The normalized spacial score (nSPS) is 11.5. The number of thiophene rings is 2. The van der Waals surface area contributed by atoms with E-state index >= 15 is 0 Å². The van der Waals surface area contributed by atoms with E-state index in [0.29, 0.717) is 0 Å². The first kappa shape index (κ1) is 16.4. The first-order chi connectivity index (χ1) is 11.0. The lowest BCUT2D eigenvalue weighted by Gasteiger charge is -2.26. The number of likely N-dealkylation sites (N-methyl/N-ethyl adjacent to an activating group) is 1. The second-order valence-corrected chi connectivity index (χ2v) is 7.89. The fraction of sp³-hybridized carbons (Fsp3) is 0.412. The number of aryl methyl sites for hydroxylation is 2. The third-order valence-corrected chi connectivity index (χ3v) is 5.60. The molecule has 0 saturated heterocycles. The molecule has 3 aromatic heterocycles. The molecule has 0 aliphatic carbocycles. The van der Waals surface area contributed by atoms with Crippen LogP contribution in [0.1, 0.15) is 16.3 Å². The Kier molecular flexibility index (Phi) is 4.94. The molecule has 0 aromatic carbocycles. The third-order valence-electron chi connectivity index (χ3n) is 3.75. The van der Waals surface area contributed by atoms with Crippen molar-refractivity contribution in [2.75, 3.05) is 32.1 Å². The Morgan fingerprint density at radius 2 is 1.91 bits per heavy atom. The number of fused-ring (bicyclic) bond motifs is 1. The predicted octanol–water partition coefficient (Wildman–Crippen LogP) is 3.94. The molecule has 0 spiro atoms. The Morgan fingerprint density at radius 3 is 2.61 bits per heavy atom. The van der Waals surface area contributed by atoms with Crippen LogP contribution in [0.3, 0.4) is 0 Å². The molecule has 0 amide bonds. The summed E-state index contributed by atoms with van der Waals surface area (Å²) in [6, 6.07) is 4.31. The summed E-state index contributed by atoms with van der Waals surface area (Å²) in [5, 5.41) is 5.52. The van der Waals surface area contributed by atoms with Crippen molar-refractivity contribution >= 4 is 38.7 Å². The van der Waals surface area contributed by atoms with Crippen molar-refractivity contribution in [1.82, 2.24) is 14.9 Å². The summed E-state index contributed by atoms with van der Waals surface area (Å²) in [6.07, 6.45) is 0. The molecule has 0 atom stereocenters. The molecule has 0 bridgehead atoms. The van der Waals surface area contributed by atoms with E-state index in [9.17, 15) is 0 Å². The summed E-state index contributed by atoms with van der Waals surface area (Å²) in [5.41, 5.74) is 1.26. The van der Waals surface area contributed by atoms with Gasteiger partial charge < -0.3 is 9.80 Å². The van der Waals surface area contributed by atoms with Crippen LogP contribution in [-0.4, -0.2) is 42.1 Å². The number of rotatable bonds is 6. The van der Waals surface area contributed by atoms with E-state index in [0.717, 1.165) is 36.1 Å². The number of hydrogen-bond acceptors (Lipinski definition) is 6. The molecule has 0 unspecified atom stereocenters. The van der Waals surface area contributed by atoms with Crippen LogP contribution in [0.4, 0.5) is 5.82 Å². The quantitative estimate of drug-likeness (QED) is 0.677. The van der Waals surface area contributed by atoms with Crippen molar-refractivity contribution in [3.8, 4) is 0 Å². The average molecular weight is 347 g/mol. The van der Waals surface area contributed by atoms with Crippen LogP contribution in [0.2, 0.25) is 0 Å². The van der Waals surface area contributed by atoms with Gasteiger partial charge in [-0.25, -0.2) is 9.97 Å². The summed E-state index contributed by atoms with van der Waals surface area (Å²) in [4.78, 5) is 16.5. The van der Waals surface area contributed by atoms with Crippen molar-refractivity contribution in [2.45, 2.75) is 20.4 Å². The SMILES string of the molecule is Cc1nc(N(CCN(C)C)Cc2cccs2)c2c(C)csc2n1. The topological polar surface area (TPSA) is 32.3 Å². The maximum Gasteiger partial charge on any atom is 0.141 e. The van der Waals surface area contributed by atoms with Gasteiger partial charge >= 0.3 is 0 Å². The monoisotopic (exact) mass is 346 g/mol. The standard InChI is InChI=1S/C17H22N4S2/c1-12-11-23-17-15(12)16(18-13(2)19-17)21(8-7-20(3)4)10-14-6-5-9-22-14/h5-6,9,11H,7-8,10H2,1-4H3. The van der Waals surface area contributed by atoms with Gasteiger partial charge in [-0.2, -0.15) is 0 Å². The minimum atomic E-state index is 0.843. The van der Waals surface area contributed by atoms with Gasteiger partial charge in [-0.05, 0) is 50.3 Å². The maximum atomic E-state index is 4.80. The van der Waals surface area contributed by atoms with Crippen LogP contribution in [0.25, 0.3) is 10.2 Å². The van der Waals surface area contributed by atoms with E-state index in [1.807, 2.05) is 6.92 Å². The molecule has 3 heterocycles. The van der Waals surface area contributed by atoms with Gasteiger partial charge in [0.25, 0.3) is 0 Å². The van der Waals surface area contributed by atoms with Crippen molar-refractivity contribution in [1.29, 1.82) is 0 Å². The van der Waals surface area contributed by atoms with Crippen LogP contribution in [0.5, 0.6) is 0 Å². The lowest BCUT2D eigenvalue weighted by Crippen LogP contribution is -2.32. The molecule has 23 heavy (non-hydrogen) atoms. The summed E-state index contributed by atoms with van der Waals surface area (Å²) in [7, 11) is 4.22. The number of aromatic nitrogens is 2. The second-order valence-electron chi connectivity index (χ2n) is 6.00. The molecule has 122 valence electrons. The fourth-order valence-corrected chi connectivity index (χ4v) is 4.25. The van der Waals surface area contributed by atoms with Crippen LogP contribution < -0.4 is 4.90 Å². The van der Waals surface area contributed by atoms with E-state index in [2.05, 4.69) is 58.7 Å². The van der Waals surface area contributed by atoms with Gasteiger partial charge in [0.05, 0.1) is 11.9 Å². The lowest BCUT2D eigenvalue weighted by molar-refractivity contribution is 0.412. The molecular weight excluding hydrogens is 324 g/mol. The average Bonchev–Trinajstić information content (AvgIpc) is 3.13. The van der Waals surface area contributed by atoms with Crippen molar-refractivity contribution in [2.24, 2.45) is 0 Å². The number of nitrogens with zero attached hydrogens (tertiary/aromatic N) is 4. The zero-order chi connectivity index (χ0) is 16.4. The van der Waals surface area contributed by atoms with Gasteiger partial charge in [0.15, 0.2) is 0 Å². The highest BCUT2D eigenvalue weighted by atomic mass is 32.1. The van der Waals surface area contributed by atoms with E-state index < -0.39 is 0 Å². The first-order valence-corrected chi connectivity index (χ1v) is 9.45. The van der Waals surface area contributed by atoms with Crippen LogP contribution in [-0.2, 0) is 6.54 Å². The van der Waals surface area contributed by atoms with E-state index in [1.54, 1.807) is 22.7 Å². The van der Waals surface area contributed by atoms with Gasteiger partial charge in [-0.3, -0.25) is 0 Å². The zero-order valence-corrected chi connectivity index (χ0v) is 15.7. The van der Waals surface area contributed by atoms with Crippen LogP contribution >= 0.6 is 22.7 Å². The van der Waals surface area contributed by atoms with Gasteiger partial charge in [-0.15, -0.1) is 22.7 Å². The Bertz CT molecular complexity index is 777. The van der Waals surface area contributed by atoms with Crippen LogP contribution in [0.15, 0.2) is 22.9 Å². The van der Waals surface area contributed by atoms with Crippen molar-refractivity contribution in [3.05, 3.63) is 39.2 Å². The molecule has 0 radical (unpaired) electrons. The summed E-state index contributed by atoms with van der Waals surface area (Å²) in [5.74, 6) is 1.91. The van der Waals surface area contributed by atoms with Crippen LogP contribution in [0, 0.1) is 13.8 Å². The molecule has 0 saturated carbocycles. The molecule has 0 aliphatic rings. The van der Waals surface area contributed by atoms with Gasteiger partial charge in [-0.1, -0.05) is 6.07 Å². The minimum absolute atomic E-state index is 0.843. The molecule has 0 N–H and O–H groups in total. The Balaban J connectivity index is 2.02. The molecule has 6 heteroatoms. The Hall–Kier alpha value is -1.50. The fourth-order valence-electron chi connectivity index (χ4n) is 2.57. The molecule has 0 fully saturated rings. The lowest BCUT2D eigenvalue weighted by atomic mass is 10.2. The summed E-state index contributed by atoms with van der Waals surface area (Å²) < 4.78 is 0. The van der Waals surface area contributed by atoms with Crippen molar-refractivity contribution in [3.63, 3.8) is 0 Å². The van der Waals surface area contributed by atoms with E-state index in [-0.39, 0.29) is 0 Å². The predicted molar refractivity (Wildman–Crippen MR) is 101 cm³/mol. The highest BCUT2D eigenvalue weighted by Crippen LogP contribution is 2.32. The van der Waals surface area contributed by atoms with Gasteiger partial charge in [0.1, 0.15) is 16.5 Å². The molecule has 0 aliphatic heterocycles. The number of hydrogen-bond donors (Lipinski definition) is 0. The summed E-state index contributed by atoms with van der Waals surface area (Å²) >= 11 is 3.51. The van der Waals surface area contributed by atoms with E-state index in [4.69, 9.17) is 4.98 Å². The Morgan fingerprint density at radius 1 is 1.09 bits per heavy atom. The summed E-state index contributed by atoms with van der Waals surface area (Å²) in [6.45, 7) is 6.97. The second kappa shape index (κ2) is 6.95. The number of anilines is 1. The molecular formula is C17H22N4S2. The first-order valence-electron chi connectivity index (χ1n) is 7.69. The van der Waals surface area contributed by atoms with Gasteiger partial charge in [0.2, 0.25) is 0 Å². The van der Waals surface area contributed by atoms with Crippen molar-refractivity contribution < 1.29 is 0 Å². The molecule has 3 aromatic rings.